The van der Waals surface area contributed by atoms with Crippen LogP contribution in [0.1, 0.15) is 83.1 Å². The highest BCUT2D eigenvalue weighted by Crippen LogP contribution is 2.36. The van der Waals surface area contributed by atoms with Crippen LogP contribution < -0.4 is 0 Å². The van der Waals surface area contributed by atoms with Crippen LogP contribution >= 0.6 is 0 Å². The Morgan fingerprint density at radius 1 is 0.842 bits per heavy atom. The van der Waals surface area contributed by atoms with E-state index in [0.717, 1.165) is 0 Å². The maximum atomic E-state index is 14.2. The van der Waals surface area contributed by atoms with Gasteiger partial charge in [-0.2, -0.15) is 0 Å². The lowest BCUT2D eigenvalue weighted by Gasteiger charge is -2.29. The molecule has 0 unspecified atom stereocenters. The Bertz CT molecular complexity index is 1020. The first-order valence-corrected chi connectivity index (χ1v) is 13.0. The third-order valence-electron chi connectivity index (χ3n) is 5.87. The lowest BCUT2D eigenvalue weighted by atomic mass is 9.82. The first-order chi connectivity index (χ1) is 17.9. The van der Waals surface area contributed by atoms with Gasteiger partial charge in [0, 0.05) is 19.1 Å². The molecule has 0 spiro atoms. The predicted molar refractivity (Wildman–Crippen MR) is 140 cm³/mol. The van der Waals surface area contributed by atoms with Crippen molar-refractivity contribution in [3.63, 3.8) is 0 Å². The third kappa shape index (κ3) is 9.48. The van der Waals surface area contributed by atoms with Crippen LogP contribution in [0.3, 0.4) is 0 Å². The fourth-order valence-electron chi connectivity index (χ4n) is 4.19. The minimum atomic E-state index is -0.750. The largest absolute Gasteiger partial charge is 0.461 e. The maximum absolute atomic E-state index is 14.2. The van der Waals surface area contributed by atoms with Crippen molar-refractivity contribution >= 4 is 11.9 Å². The molecular formula is C30H40F2O6. The van der Waals surface area contributed by atoms with Gasteiger partial charge in [0.1, 0.15) is 23.3 Å². The molecule has 0 fully saturated rings. The minimum absolute atomic E-state index is 0.133. The van der Waals surface area contributed by atoms with Gasteiger partial charge in [-0.05, 0) is 88.1 Å². The molecule has 0 heterocycles. The molecule has 0 saturated heterocycles. The van der Waals surface area contributed by atoms with E-state index in [0.29, 0.717) is 35.5 Å². The predicted octanol–water partition coefficient (Wildman–Crippen LogP) is 6.47. The normalized spacial score (nSPS) is 13.3. The molecule has 2 atom stereocenters. The molecule has 38 heavy (non-hydrogen) atoms. The fraction of sp³-hybridized carbons (Fsp3) is 0.533. The van der Waals surface area contributed by atoms with Crippen molar-refractivity contribution in [3.8, 4) is 0 Å². The summed E-state index contributed by atoms with van der Waals surface area (Å²) in [5.41, 5.74) is 1.88. The van der Waals surface area contributed by atoms with Gasteiger partial charge in [0.05, 0.1) is 25.6 Å². The van der Waals surface area contributed by atoms with Gasteiger partial charge in [0.2, 0.25) is 0 Å². The van der Waals surface area contributed by atoms with Gasteiger partial charge < -0.3 is 18.9 Å². The molecule has 0 aliphatic carbocycles. The number of hydrogen-bond donors (Lipinski definition) is 0. The Hall–Kier alpha value is -2.84. The summed E-state index contributed by atoms with van der Waals surface area (Å²) in [4.78, 5) is 25.3. The standard InChI is InChI=1S/C30H40F2O6/c1-8-35-17-21-15-23(31)10-12-25(21)28(26-13-11-24(32)16-22(26)18-36-9-2)20(4)37-29(34)19(3)14-27(33)38-30(5,6)7/h10-13,15-16,19-20,28H,8-9,14,17-18H2,1-7H3/t19-,20+/m1/s1. The van der Waals surface area contributed by atoms with Gasteiger partial charge in [-0.3, -0.25) is 9.59 Å². The molecule has 0 N–H and O–H groups in total. The highest BCUT2D eigenvalue weighted by molar-refractivity contribution is 5.80. The molecule has 8 heteroatoms. The van der Waals surface area contributed by atoms with E-state index >= 15 is 0 Å². The molecule has 2 aromatic rings. The van der Waals surface area contributed by atoms with E-state index in [1.165, 1.54) is 24.3 Å². The van der Waals surface area contributed by atoms with Gasteiger partial charge in [-0.15, -0.1) is 0 Å². The van der Waals surface area contributed by atoms with Crippen molar-refractivity contribution in [2.75, 3.05) is 13.2 Å². The van der Waals surface area contributed by atoms with Crippen LogP contribution in [0.4, 0.5) is 8.78 Å². The van der Waals surface area contributed by atoms with E-state index in [1.54, 1.807) is 46.8 Å². The molecular weight excluding hydrogens is 494 g/mol. The Morgan fingerprint density at radius 3 is 1.74 bits per heavy atom. The van der Waals surface area contributed by atoms with Crippen molar-refractivity contribution in [1.29, 1.82) is 0 Å². The Balaban J connectivity index is 2.47. The summed E-state index contributed by atoms with van der Waals surface area (Å²) in [5, 5.41) is 0. The average Bonchev–Trinajstić information content (AvgIpc) is 2.82. The lowest BCUT2D eigenvalue weighted by Crippen LogP contribution is -2.30. The smallest absolute Gasteiger partial charge is 0.309 e. The van der Waals surface area contributed by atoms with Gasteiger partial charge in [0.25, 0.3) is 0 Å². The van der Waals surface area contributed by atoms with Crippen LogP contribution in [-0.2, 0) is 41.8 Å². The fourth-order valence-corrected chi connectivity index (χ4v) is 4.19. The van der Waals surface area contributed by atoms with Crippen molar-refractivity contribution in [3.05, 3.63) is 70.3 Å². The summed E-state index contributed by atoms with van der Waals surface area (Å²) in [7, 11) is 0. The van der Waals surface area contributed by atoms with Gasteiger partial charge in [-0.25, -0.2) is 8.78 Å². The number of rotatable bonds is 13. The second kappa shape index (κ2) is 14.4. The molecule has 6 nitrogen and oxygen atoms in total. The van der Waals surface area contributed by atoms with E-state index in [1.807, 2.05) is 13.8 Å². The molecule has 0 aliphatic heterocycles. The summed E-state index contributed by atoms with van der Waals surface area (Å²) in [6, 6.07) is 8.73. The van der Waals surface area contributed by atoms with E-state index in [-0.39, 0.29) is 19.6 Å². The Morgan fingerprint density at radius 2 is 1.32 bits per heavy atom. The zero-order valence-corrected chi connectivity index (χ0v) is 23.4. The number of carbonyl (C=O) groups is 2. The molecule has 0 saturated carbocycles. The number of carbonyl (C=O) groups excluding carboxylic acids is 2. The van der Waals surface area contributed by atoms with Gasteiger partial charge in [-0.1, -0.05) is 19.1 Å². The second-order valence-corrected chi connectivity index (χ2v) is 10.3. The first-order valence-electron chi connectivity index (χ1n) is 13.0. The van der Waals surface area contributed by atoms with Crippen molar-refractivity contribution in [1.82, 2.24) is 0 Å². The van der Waals surface area contributed by atoms with E-state index in [4.69, 9.17) is 18.9 Å². The quantitative estimate of drug-likeness (QED) is 0.274. The molecule has 210 valence electrons. The van der Waals surface area contributed by atoms with Crippen molar-refractivity contribution in [2.24, 2.45) is 5.92 Å². The molecule has 0 bridgehead atoms. The van der Waals surface area contributed by atoms with Crippen molar-refractivity contribution < 1.29 is 37.3 Å². The molecule has 0 aliphatic rings. The summed E-state index contributed by atoms with van der Waals surface area (Å²) in [5.74, 6) is -3.26. The number of ether oxygens (including phenoxy) is 4. The topological polar surface area (TPSA) is 71.1 Å². The average molecular weight is 535 g/mol. The van der Waals surface area contributed by atoms with Crippen LogP contribution in [0, 0.1) is 17.6 Å². The maximum Gasteiger partial charge on any atom is 0.309 e. The zero-order chi connectivity index (χ0) is 28.5. The monoisotopic (exact) mass is 534 g/mol. The number of esters is 2. The summed E-state index contributed by atoms with van der Waals surface area (Å²) < 4.78 is 50.9. The SMILES string of the molecule is CCOCc1cc(F)ccc1C(c1ccc(F)cc1COCC)[C@H](C)OC(=O)[C@H](C)CC(=O)OC(C)(C)C. The number of hydrogen-bond acceptors (Lipinski definition) is 6. The highest BCUT2D eigenvalue weighted by atomic mass is 19.1. The van der Waals surface area contributed by atoms with Gasteiger partial charge >= 0.3 is 11.9 Å². The molecule has 0 radical (unpaired) electrons. The van der Waals surface area contributed by atoms with Gasteiger partial charge in [0.15, 0.2) is 0 Å². The molecule has 2 rings (SSSR count). The highest BCUT2D eigenvalue weighted by Gasteiger charge is 2.31. The van der Waals surface area contributed by atoms with Crippen molar-refractivity contribution in [2.45, 2.75) is 85.7 Å². The molecule has 0 amide bonds. The third-order valence-corrected chi connectivity index (χ3v) is 5.87. The zero-order valence-electron chi connectivity index (χ0n) is 23.4. The lowest BCUT2D eigenvalue weighted by molar-refractivity contribution is -0.163. The van der Waals surface area contributed by atoms with Crippen LogP contribution in [-0.4, -0.2) is 36.9 Å². The van der Waals surface area contributed by atoms with Crippen LogP contribution in [0.25, 0.3) is 0 Å². The van der Waals surface area contributed by atoms with E-state index in [9.17, 15) is 18.4 Å². The van der Waals surface area contributed by atoms with E-state index < -0.39 is 47.1 Å². The molecule has 2 aromatic carbocycles. The number of benzene rings is 2. The number of halogens is 2. The molecule has 0 aromatic heterocycles. The summed E-state index contributed by atoms with van der Waals surface area (Å²) in [6.45, 7) is 13.4. The Kier molecular flexibility index (Phi) is 11.9. The van der Waals surface area contributed by atoms with Crippen LogP contribution in [0.5, 0.6) is 0 Å². The Labute approximate surface area is 224 Å². The van der Waals surface area contributed by atoms with E-state index in [2.05, 4.69) is 0 Å². The minimum Gasteiger partial charge on any atom is -0.461 e. The summed E-state index contributed by atoms with van der Waals surface area (Å²) >= 11 is 0. The van der Waals surface area contributed by atoms with Crippen LogP contribution in [0.15, 0.2) is 36.4 Å². The summed E-state index contributed by atoms with van der Waals surface area (Å²) in [6.07, 6.45) is -0.883. The first kappa shape index (κ1) is 31.4. The second-order valence-electron chi connectivity index (χ2n) is 10.3. The van der Waals surface area contributed by atoms with Crippen LogP contribution in [0.2, 0.25) is 0 Å².